The molecular weight excluding hydrogens is 508 g/mol. The molecule has 0 spiro atoms. The van der Waals surface area contributed by atoms with Crippen LogP contribution in [0.4, 0.5) is 0 Å². The van der Waals surface area contributed by atoms with E-state index in [1.807, 2.05) is 53.7 Å². The number of aliphatic hydroxyl groups is 1. The topological polar surface area (TPSA) is 126 Å². The maximum atomic E-state index is 14.6. The molecule has 40 heavy (non-hydrogen) atoms. The number of phenols is 1. The highest BCUT2D eigenvalue weighted by atomic mass is 16.3. The van der Waals surface area contributed by atoms with Crippen molar-refractivity contribution in [1.82, 2.24) is 0 Å². The summed E-state index contributed by atoms with van der Waals surface area (Å²) >= 11 is 0. The van der Waals surface area contributed by atoms with E-state index in [9.17, 15) is 34.2 Å². The van der Waals surface area contributed by atoms with Crippen LogP contribution in [0.5, 0.6) is 5.75 Å². The summed E-state index contributed by atoms with van der Waals surface area (Å²) in [5, 5.41) is 23.8. The van der Waals surface area contributed by atoms with Crippen LogP contribution in [0, 0.1) is 40.4 Å². The number of aromatic hydroxyl groups is 1. The number of Topliss-reactive ketones (excluding diaryl/α,β-unsaturated/α-hetero) is 5. The van der Waals surface area contributed by atoms with Crippen molar-refractivity contribution in [3.63, 3.8) is 0 Å². The van der Waals surface area contributed by atoms with Gasteiger partial charge in [-0.25, -0.2) is 0 Å². The van der Waals surface area contributed by atoms with E-state index in [1.165, 1.54) is 0 Å². The number of carbonyl (C=O) groups is 5. The fourth-order valence-electron chi connectivity index (χ4n) is 9.10. The molecule has 0 aromatic heterocycles. The van der Waals surface area contributed by atoms with Crippen molar-refractivity contribution >= 4 is 28.9 Å². The van der Waals surface area contributed by atoms with E-state index in [2.05, 4.69) is 0 Å². The highest BCUT2D eigenvalue weighted by Crippen LogP contribution is 2.69. The van der Waals surface area contributed by atoms with Gasteiger partial charge in [-0.05, 0) is 47.5 Å². The Morgan fingerprint density at radius 2 is 1.62 bits per heavy atom. The molecule has 0 amide bonds. The van der Waals surface area contributed by atoms with Crippen LogP contribution >= 0.6 is 0 Å². The van der Waals surface area contributed by atoms with Gasteiger partial charge in [0.15, 0.2) is 28.7 Å². The van der Waals surface area contributed by atoms with Gasteiger partial charge in [0.1, 0.15) is 17.5 Å². The van der Waals surface area contributed by atoms with E-state index in [4.69, 9.17) is 0 Å². The molecule has 7 nitrogen and oxygen atoms in total. The van der Waals surface area contributed by atoms with Gasteiger partial charge in [0, 0.05) is 16.9 Å². The molecule has 218 valence electrons. The molecule has 3 unspecified atom stereocenters. The van der Waals surface area contributed by atoms with Crippen LogP contribution in [0.25, 0.3) is 0 Å². The van der Waals surface area contributed by atoms with Gasteiger partial charge in [-0.1, -0.05) is 80.9 Å². The van der Waals surface area contributed by atoms with Crippen molar-refractivity contribution < 1.29 is 34.2 Å². The third kappa shape index (κ3) is 3.36. The number of rotatable bonds is 5. The third-order valence-corrected chi connectivity index (χ3v) is 11.5. The first-order valence-electron chi connectivity index (χ1n) is 14.5. The lowest BCUT2D eigenvalue weighted by Gasteiger charge is -2.66. The molecule has 8 atom stereocenters. The smallest absolute Gasteiger partial charge is 0.190 e. The largest absolute Gasteiger partial charge is 0.507 e. The maximum Gasteiger partial charge on any atom is 0.190 e. The monoisotopic (exact) mass is 552 g/mol. The molecule has 2 fully saturated rings. The summed E-state index contributed by atoms with van der Waals surface area (Å²) in [7, 11) is 0. The van der Waals surface area contributed by atoms with Crippen LogP contribution in [0.3, 0.4) is 0 Å². The average Bonchev–Trinajstić information content (AvgIpc) is 2.83. The van der Waals surface area contributed by atoms with Crippen LogP contribution < -0.4 is 0 Å². The van der Waals surface area contributed by atoms with E-state index in [1.54, 1.807) is 20.8 Å². The van der Waals surface area contributed by atoms with Crippen molar-refractivity contribution in [2.24, 2.45) is 40.4 Å². The summed E-state index contributed by atoms with van der Waals surface area (Å²) in [4.78, 5) is 69.3. The quantitative estimate of drug-likeness (QED) is 0.494. The van der Waals surface area contributed by atoms with E-state index >= 15 is 0 Å². The van der Waals surface area contributed by atoms with Gasteiger partial charge >= 0.3 is 0 Å². The van der Waals surface area contributed by atoms with Gasteiger partial charge in [-0.15, -0.1) is 0 Å². The molecule has 0 bridgehead atoms. The number of benzene rings is 1. The summed E-state index contributed by atoms with van der Waals surface area (Å²) in [6.07, 6.45) is 1.63. The molecule has 1 aromatic rings. The molecular formula is C33H44O7. The second-order valence-electron chi connectivity index (χ2n) is 14.1. The fourth-order valence-corrected chi connectivity index (χ4v) is 9.10. The Morgan fingerprint density at radius 3 is 2.12 bits per heavy atom. The maximum absolute atomic E-state index is 14.6. The van der Waals surface area contributed by atoms with E-state index in [-0.39, 0.29) is 17.2 Å². The predicted molar refractivity (Wildman–Crippen MR) is 150 cm³/mol. The molecule has 3 aliphatic rings. The third-order valence-electron chi connectivity index (χ3n) is 11.5. The molecule has 2 N–H and O–H groups in total. The normalized spacial score (nSPS) is 37.8. The summed E-state index contributed by atoms with van der Waals surface area (Å²) in [6.45, 7) is 17.9. The Balaban J connectivity index is 2.04. The van der Waals surface area contributed by atoms with Gasteiger partial charge in [-0.2, -0.15) is 0 Å². The number of phenolic OH excluding ortho intramolecular Hbond substituents is 1. The first-order chi connectivity index (χ1) is 18.3. The highest BCUT2D eigenvalue weighted by Gasteiger charge is 2.79. The summed E-state index contributed by atoms with van der Waals surface area (Å²) in [5.74, 6) is -9.81. The SMILES string of the molecule is CCCC(C)(C)c1ccc2c(c1O)C(=O)C1C(=O)[C@@]3(O)C(=O)C(C(C)=O)C(=O)C(C(C)C)[C@@]3(C)[C@H](C)[C@@]1(C)[C@@H]2C. The zero-order valence-corrected chi connectivity index (χ0v) is 25.5. The lowest BCUT2D eigenvalue weighted by Crippen LogP contribution is -2.79. The van der Waals surface area contributed by atoms with Gasteiger partial charge in [-0.3, -0.25) is 24.0 Å². The Morgan fingerprint density at radius 1 is 1.05 bits per heavy atom. The number of carbonyl (C=O) groups excluding carboxylic acids is 5. The fraction of sp³-hybridized carbons (Fsp3) is 0.667. The number of hydrogen-bond donors (Lipinski definition) is 2. The summed E-state index contributed by atoms with van der Waals surface area (Å²) in [5.41, 5.74) is -4.50. The molecule has 1 aromatic carbocycles. The molecule has 0 saturated heterocycles. The molecule has 4 rings (SSSR count). The zero-order chi connectivity index (χ0) is 30.5. The Hall–Kier alpha value is -2.67. The number of ketones is 5. The van der Waals surface area contributed by atoms with E-state index < -0.39 is 80.4 Å². The van der Waals surface area contributed by atoms with Gasteiger partial charge in [0.25, 0.3) is 0 Å². The van der Waals surface area contributed by atoms with Crippen LogP contribution in [0.2, 0.25) is 0 Å². The number of fused-ring (bicyclic) bond motifs is 3. The second kappa shape index (κ2) is 9.17. The molecule has 3 aliphatic carbocycles. The standard InChI is InChI=1S/C33H44O7/c1-11-14-30(7,8)20-13-12-19-16(4)31(9)18(6)32(10)23(15(2)3)26(36)21(17(5)34)28(38)33(32,40)29(39)24(31)27(37)22(19)25(20)35/h12-13,15-16,18,21,23-24,35,40H,11,14H2,1-10H3/t16-,18-,21?,23?,24?,31-,32-,33+/m1/s1. The Labute approximate surface area is 237 Å². The molecule has 0 heterocycles. The van der Waals surface area contributed by atoms with Crippen LogP contribution in [0.1, 0.15) is 109 Å². The average molecular weight is 553 g/mol. The Kier molecular flexibility index (Phi) is 6.94. The second-order valence-corrected chi connectivity index (χ2v) is 14.1. The highest BCUT2D eigenvalue weighted by molar-refractivity contribution is 6.32. The molecule has 0 aliphatic heterocycles. The predicted octanol–water partition coefficient (Wildman–Crippen LogP) is 4.98. The molecule has 0 radical (unpaired) electrons. The first-order valence-corrected chi connectivity index (χ1v) is 14.5. The van der Waals surface area contributed by atoms with Crippen LogP contribution in [-0.2, 0) is 24.6 Å². The molecule has 2 saturated carbocycles. The van der Waals surface area contributed by atoms with E-state index in [0.717, 1.165) is 19.8 Å². The van der Waals surface area contributed by atoms with Gasteiger partial charge in [0.2, 0.25) is 0 Å². The Bertz CT molecular complexity index is 1340. The van der Waals surface area contributed by atoms with Gasteiger partial charge < -0.3 is 10.2 Å². The van der Waals surface area contributed by atoms with E-state index in [0.29, 0.717) is 11.1 Å². The van der Waals surface area contributed by atoms with Crippen molar-refractivity contribution in [2.75, 3.05) is 0 Å². The van der Waals surface area contributed by atoms with Crippen molar-refractivity contribution in [3.05, 3.63) is 28.8 Å². The molecule has 7 heteroatoms. The van der Waals surface area contributed by atoms with Crippen LogP contribution in [-0.4, -0.2) is 44.7 Å². The van der Waals surface area contributed by atoms with Crippen molar-refractivity contribution in [3.8, 4) is 5.75 Å². The van der Waals surface area contributed by atoms with Crippen molar-refractivity contribution in [1.29, 1.82) is 0 Å². The summed E-state index contributed by atoms with van der Waals surface area (Å²) in [6, 6.07) is 3.71. The minimum Gasteiger partial charge on any atom is -0.507 e. The lowest BCUT2D eigenvalue weighted by atomic mass is 9.35. The van der Waals surface area contributed by atoms with Crippen molar-refractivity contribution in [2.45, 2.75) is 99.0 Å². The first kappa shape index (κ1) is 30.3. The van der Waals surface area contributed by atoms with Crippen LogP contribution in [0.15, 0.2) is 12.1 Å². The van der Waals surface area contributed by atoms with Gasteiger partial charge in [0.05, 0.1) is 11.5 Å². The number of hydrogen-bond acceptors (Lipinski definition) is 7. The zero-order valence-electron chi connectivity index (χ0n) is 25.5. The lowest BCUT2D eigenvalue weighted by molar-refractivity contribution is -0.222. The summed E-state index contributed by atoms with van der Waals surface area (Å²) < 4.78 is 0. The minimum atomic E-state index is -2.71. The minimum absolute atomic E-state index is 0.0623.